The Morgan fingerprint density at radius 1 is 1.06 bits per heavy atom. The van der Waals surface area contributed by atoms with Crippen LogP contribution in [0.2, 0.25) is 0 Å². The van der Waals surface area contributed by atoms with Gasteiger partial charge in [0.15, 0.2) is 0 Å². The molecule has 0 aliphatic rings. The minimum absolute atomic E-state index is 0.0117. The maximum absolute atomic E-state index is 11.7. The van der Waals surface area contributed by atoms with Crippen LogP contribution in [0.4, 0.5) is 5.95 Å². The van der Waals surface area contributed by atoms with Crippen molar-refractivity contribution in [1.82, 2.24) is 15.0 Å². The number of hydrogen-bond acceptors (Lipinski definition) is 5. The van der Waals surface area contributed by atoms with Crippen LogP contribution in [0.25, 0.3) is 0 Å². The Kier molecular flexibility index (Phi) is 3.24. The molecule has 0 bridgehead atoms. The summed E-state index contributed by atoms with van der Waals surface area (Å²) in [5.41, 5.74) is -0.209. The molecule has 0 radical (unpaired) electrons. The summed E-state index contributed by atoms with van der Waals surface area (Å²) in [6.45, 7) is 0. The summed E-state index contributed by atoms with van der Waals surface area (Å²) in [6.07, 6.45) is 2.95. The van der Waals surface area contributed by atoms with Crippen molar-refractivity contribution in [2.24, 2.45) is 0 Å². The van der Waals surface area contributed by atoms with Crippen molar-refractivity contribution in [3.8, 4) is 0 Å². The second-order valence-electron chi connectivity index (χ2n) is 3.24. The molecule has 0 aliphatic heterocycles. The number of aromatic nitrogens is 3. The molecule has 0 saturated carbocycles. The number of nitrogens with one attached hydrogen (secondary N) is 1. The topological polar surface area (TPSA) is 105 Å². The molecule has 90 valence electrons. The van der Waals surface area contributed by atoms with E-state index in [1.165, 1.54) is 30.6 Å². The van der Waals surface area contributed by atoms with E-state index < -0.39 is 11.9 Å². The number of carbonyl (C=O) groups is 2. The lowest BCUT2D eigenvalue weighted by Crippen LogP contribution is -2.16. The van der Waals surface area contributed by atoms with Crippen molar-refractivity contribution >= 4 is 17.8 Å². The summed E-state index contributed by atoms with van der Waals surface area (Å²) >= 11 is 0. The first-order chi connectivity index (χ1) is 8.66. The fourth-order valence-electron chi connectivity index (χ4n) is 1.21. The molecule has 0 aromatic carbocycles. The first kappa shape index (κ1) is 11.6. The summed E-state index contributed by atoms with van der Waals surface area (Å²) in [4.78, 5) is 33.8. The third-order valence-corrected chi connectivity index (χ3v) is 1.99. The molecule has 7 nitrogen and oxygen atoms in total. The lowest BCUT2D eigenvalue weighted by atomic mass is 10.3. The molecule has 2 N–H and O–H groups in total. The highest BCUT2D eigenvalue weighted by molar-refractivity contribution is 6.02. The third-order valence-electron chi connectivity index (χ3n) is 1.99. The monoisotopic (exact) mass is 244 g/mol. The first-order valence-corrected chi connectivity index (χ1v) is 4.95. The average Bonchev–Trinajstić information content (AvgIpc) is 2.40. The number of amides is 1. The number of carboxylic acids is 1. The fraction of sp³-hybridized carbons (Fsp3) is 0. The maximum atomic E-state index is 11.7. The van der Waals surface area contributed by atoms with Gasteiger partial charge in [0.2, 0.25) is 5.95 Å². The highest BCUT2D eigenvalue weighted by Crippen LogP contribution is 2.03. The molecule has 1 amide bonds. The zero-order chi connectivity index (χ0) is 13.0. The van der Waals surface area contributed by atoms with E-state index in [2.05, 4.69) is 20.3 Å². The van der Waals surface area contributed by atoms with Gasteiger partial charge < -0.3 is 5.11 Å². The Labute approximate surface area is 102 Å². The van der Waals surface area contributed by atoms with Gasteiger partial charge in [0.05, 0.1) is 0 Å². The molecular formula is C11H8N4O3. The van der Waals surface area contributed by atoms with E-state index in [1.54, 1.807) is 6.07 Å². The van der Waals surface area contributed by atoms with Crippen LogP contribution in [0.1, 0.15) is 21.0 Å². The Balaban J connectivity index is 2.19. The number of rotatable bonds is 3. The third kappa shape index (κ3) is 2.64. The number of hydrogen-bond donors (Lipinski definition) is 2. The molecule has 0 atom stereocenters. The van der Waals surface area contributed by atoms with Crippen molar-refractivity contribution in [2.75, 3.05) is 5.32 Å². The molecule has 7 heteroatoms. The summed E-state index contributed by atoms with van der Waals surface area (Å²) in [5, 5.41) is 11.2. The lowest BCUT2D eigenvalue weighted by molar-refractivity contribution is 0.0690. The summed E-state index contributed by atoms with van der Waals surface area (Å²) in [7, 11) is 0. The summed E-state index contributed by atoms with van der Waals surface area (Å²) in [6, 6.07) is 5.76. The molecule has 0 saturated heterocycles. The van der Waals surface area contributed by atoms with Gasteiger partial charge in [0, 0.05) is 12.4 Å². The van der Waals surface area contributed by atoms with Gasteiger partial charge in [-0.05, 0) is 18.2 Å². The van der Waals surface area contributed by atoms with Crippen LogP contribution in [0.15, 0.2) is 36.7 Å². The zero-order valence-corrected chi connectivity index (χ0v) is 9.07. The maximum Gasteiger partial charge on any atom is 0.354 e. The van der Waals surface area contributed by atoms with E-state index in [9.17, 15) is 9.59 Å². The number of nitrogens with zero attached hydrogens (tertiary/aromatic N) is 3. The number of carboxylic acid groups (broad SMARTS) is 1. The predicted molar refractivity (Wildman–Crippen MR) is 61.2 cm³/mol. The SMILES string of the molecule is O=C(O)c1cccc(C(=O)Nc2ncccn2)n1. The standard InChI is InChI=1S/C11H8N4O3/c16-9(15-11-12-5-2-6-13-11)7-3-1-4-8(14-7)10(17)18/h1-6H,(H,17,18)(H,12,13,15,16). The van der Waals surface area contributed by atoms with Gasteiger partial charge >= 0.3 is 5.97 Å². The van der Waals surface area contributed by atoms with E-state index in [1.807, 2.05) is 0 Å². The van der Waals surface area contributed by atoms with Gasteiger partial charge in [0.25, 0.3) is 5.91 Å². The van der Waals surface area contributed by atoms with Crippen molar-refractivity contribution in [2.45, 2.75) is 0 Å². The smallest absolute Gasteiger partial charge is 0.354 e. The van der Waals surface area contributed by atoms with Gasteiger partial charge in [0.1, 0.15) is 11.4 Å². The minimum Gasteiger partial charge on any atom is -0.477 e. The van der Waals surface area contributed by atoms with E-state index in [4.69, 9.17) is 5.11 Å². The summed E-state index contributed by atoms with van der Waals surface area (Å²) in [5.74, 6) is -1.63. The second-order valence-corrected chi connectivity index (χ2v) is 3.24. The molecule has 2 aromatic heterocycles. The van der Waals surface area contributed by atoms with Crippen LogP contribution in [-0.4, -0.2) is 31.9 Å². The molecular weight excluding hydrogens is 236 g/mol. The van der Waals surface area contributed by atoms with E-state index in [0.717, 1.165) is 0 Å². The van der Waals surface area contributed by atoms with Crippen molar-refractivity contribution < 1.29 is 14.7 Å². The normalized spacial score (nSPS) is 9.78. The van der Waals surface area contributed by atoms with Crippen LogP contribution in [-0.2, 0) is 0 Å². The highest BCUT2D eigenvalue weighted by Gasteiger charge is 2.12. The van der Waals surface area contributed by atoms with Gasteiger partial charge in [-0.3, -0.25) is 10.1 Å². The van der Waals surface area contributed by atoms with Gasteiger partial charge in [-0.2, -0.15) is 0 Å². The van der Waals surface area contributed by atoms with Gasteiger partial charge in [-0.15, -0.1) is 0 Å². The molecule has 2 aromatic rings. The predicted octanol–water partition coefficient (Wildman–Crippen LogP) is 0.822. The van der Waals surface area contributed by atoms with E-state index in [0.29, 0.717) is 0 Å². The molecule has 18 heavy (non-hydrogen) atoms. The van der Waals surface area contributed by atoms with Crippen LogP contribution in [0, 0.1) is 0 Å². The second kappa shape index (κ2) is 5.00. The van der Waals surface area contributed by atoms with Crippen LogP contribution >= 0.6 is 0 Å². The molecule has 2 rings (SSSR count). The minimum atomic E-state index is -1.19. The van der Waals surface area contributed by atoms with E-state index in [-0.39, 0.29) is 17.3 Å². The zero-order valence-electron chi connectivity index (χ0n) is 9.07. The number of pyridine rings is 1. The van der Waals surface area contributed by atoms with E-state index >= 15 is 0 Å². The Morgan fingerprint density at radius 3 is 2.39 bits per heavy atom. The van der Waals surface area contributed by atoms with Crippen LogP contribution < -0.4 is 5.32 Å². The number of aromatic carboxylic acids is 1. The number of anilines is 1. The quantitative estimate of drug-likeness (QED) is 0.828. The molecule has 0 unspecified atom stereocenters. The first-order valence-electron chi connectivity index (χ1n) is 4.95. The largest absolute Gasteiger partial charge is 0.477 e. The Bertz CT molecular complexity index is 586. The Hall–Kier alpha value is -2.83. The Morgan fingerprint density at radius 2 is 1.72 bits per heavy atom. The van der Waals surface area contributed by atoms with Crippen LogP contribution in [0.3, 0.4) is 0 Å². The molecule has 0 aliphatic carbocycles. The van der Waals surface area contributed by atoms with Crippen LogP contribution in [0.5, 0.6) is 0 Å². The average molecular weight is 244 g/mol. The van der Waals surface area contributed by atoms with Gasteiger partial charge in [-0.25, -0.2) is 19.7 Å². The van der Waals surface area contributed by atoms with Crippen molar-refractivity contribution in [1.29, 1.82) is 0 Å². The highest BCUT2D eigenvalue weighted by atomic mass is 16.4. The molecule has 0 spiro atoms. The molecule has 0 fully saturated rings. The fourth-order valence-corrected chi connectivity index (χ4v) is 1.21. The number of carbonyl (C=O) groups excluding carboxylic acids is 1. The lowest BCUT2D eigenvalue weighted by Gasteiger charge is -2.02. The van der Waals surface area contributed by atoms with Crippen molar-refractivity contribution in [3.63, 3.8) is 0 Å². The molecule has 2 heterocycles. The van der Waals surface area contributed by atoms with Gasteiger partial charge in [-0.1, -0.05) is 6.07 Å². The van der Waals surface area contributed by atoms with Crippen molar-refractivity contribution in [3.05, 3.63) is 48.0 Å². The summed E-state index contributed by atoms with van der Waals surface area (Å²) < 4.78 is 0.